The molecule has 0 unspecified atom stereocenters. The van der Waals surface area contributed by atoms with Crippen LogP contribution in [0.3, 0.4) is 0 Å². The average molecular weight is 455 g/mol. The van der Waals surface area contributed by atoms with Crippen LogP contribution >= 0.6 is 0 Å². The molecule has 3 heterocycles. The van der Waals surface area contributed by atoms with E-state index in [1.54, 1.807) is 24.0 Å². The first-order valence-corrected chi connectivity index (χ1v) is 11.1. The summed E-state index contributed by atoms with van der Waals surface area (Å²) in [6.07, 6.45) is 5.42. The van der Waals surface area contributed by atoms with Crippen molar-refractivity contribution in [2.24, 2.45) is 5.41 Å². The Balaban J connectivity index is 1.32. The third kappa shape index (κ3) is 3.24. The third-order valence-electron chi connectivity index (χ3n) is 6.76. The van der Waals surface area contributed by atoms with Gasteiger partial charge in [-0.2, -0.15) is 0 Å². The van der Waals surface area contributed by atoms with Crippen LogP contribution in [-0.4, -0.2) is 38.8 Å². The minimum Gasteiger partial charge on any atom is -0.491 e. The van der Waals surface area contributed by atoms with E-state index < -0.39 is 11.7 Å². The van der Waals surface area contributed by atoms with Gasteiger partial charge in [-0.3, -0.25) is 9.20 Å². The van der Waals surface area contributed by atoms with Crippen molar-refractivity contribution >= 4 is 28.3 Å². The van der Waals surface area contributed by atoms with Crippen molar-refractivity contribution < 1.29 is 13.9 Å². The van der Waals surface area contributed by atoms with E-state index in [4.69, 9.17) is 10.5 Å². The minimum atomic E-state index is -0.658. The number of aromatic nitrogens is 3. The standard InChI is InChI=1S/C26H22FN5O2/c1-26(7-8-26)6-5-15-3-4-16-22(13-34-23(16)9-15)31(2)25(33)17-10-20-19(11-18(17)27)30-24(28)21-12-29-14-32(20)21/h3-4,9-12,14,22H,7-8,13H2,1-2H3,(H2,28,30)/t22-/m1/s1. The normalized spacial score (nSPS) is 17.7. The van der Waals surface area contributed by atoms with E-state index in [-0.39, 0.29) is 22.8 Å². The number of nitrogens with two attached hydrogens (primary N) is 1. The highest BCUT2D eigenvalue weighted by atomic mass is 19.1. The van der Waals surface area contributed by atoms with Gasteiger partial charge in [0.2, 0.25) is 0 Å². The van der Waals surface area contributed by atoms with Crippen molar-refractivity contribution in [2.75, 3.05) is 19.4 Å². The molecule has 1 saturated carbocycles. The smallest absolute Gasteiger partial charge is 0.257 e. The van der Waals surface area contributed by atoms with Crippen molar-refractivity contribution in [1.82, 2.24) is 19.3 Å². The molecular formula is C26H22FN5O2. The number of hydrogen-bond donors (Lipinski definition) is 1. The van der Waals surface area contributed by atoms with Crippen LogP contribution in [0.15, 0.2) is 42.9 Å². The maximum Gasteiger partial charge on any atom is 0.257 e. The SMILES string of the molecule is CN(C(=O)c1cc2c(cc1F)nc(N)c1cncn12)[C@@H]1COc2cc(C#CC3(C)CC3)ccc21. The van der Waals surface area contributed by atoms with Gasteiger partial charge < -0.3 is 15.4 Å². The Morgan fingerprint density at radius 2 is 2.12 bits per heavy atom. The predicted octanol–water partition coefficient (Wildman–Crippen LogP) is 3.96. The molecule has 4 aromatic rings. The van der Waals surface area contributed by atoms with Crippen LogP contribution in [-0.2, 0) is 0 Å². The molecule has 0 bridgehead atoms. The van der Waals surface area contributed by atoms with Crippen LogP contribution in [0.1, 0.15) is 47.3 Å². The molecule has 7 nitrogen and oxygen atoms in total. The highest BCUT2D eigenvalue weighted by Crippen LogP contribution is 2.44. The van der Waals surface area contributed by atoms with E-state index in [0.29, 0.717) is 28.9 Å². The number of carbonyl (C=O) groups is 1. The summed E-state index contributed by atoms with van der Waals surface area (Å²) in [5.74, 6) is 6.39. The summed E-state index contributed by atoms with van der Waals surface area (Å²) in [7, 11) is 1.66. The number of halogens is 1. The number of carbonyl (C=O) groups excluding carboxylic acids is 1. The van der Waals surface area contributed by atoms with Gasteiger partial charge in [0.25, 0.3) is 5.91 Å². The number of imidazole rings is 1. The molecule has 34 heavy (non-hydrogen) atoms. The second kappa shape index (κ2) is 7.19. The molecule has 0 spiro atoms. The predicted molar refractivity (Wildman–Crippen MR) is 126 cm³/mol. The van der Waals surface area contributed by atoms with Gasteiger partial charge in [-0.05, 0) is 38.0 Å². The van der Waals surface area contributed by atoms with Crippen molar-refractivity contribution in [3.63, 3.8) is 0 Å². The van der Waals surface area contributed by atoms with E-state index in [1.165, 1.54) is 17.0 Å². The summed E-state index contributed by atoms with van der Waals surface area (Å²) in [6, 6.07) is 8.19. The van der Waals surface area contributed by atoms with Gasteiger partial charge in [0, 0.05) is 29.7 Å². The maximum atomic E-state index is 15.0. The van der Waals surface area contributed by atoms with Gasteiger partial charge in [-0.25, -0.2) is 14.4 Å². The fourth-order valence-electron chi connectivity index (χ4n) is 4.32. The van der Waals surface area contributed by atoms with E-state index in [1.807, 2.05) is 18.2 Å². The molecule has 1 aliphatic carbocycles. The number of likely N-dealkylation sites (N-methyl/N-ethyl adjacent to an activating group) is 1. The lowest BCUT2D eigenvalue weighted by Crippen LogP contribution is -2.32. The zero-order valence-electron chi connectivity index (χ0n) is 18.8. The molecule has 2 aromatic carbocycles. The Bertz CT molecular complexity index is 1560. The molecule has 2 aliphatic rings. The number of hydrogen-bond acceptors (Lipinski definition) is 5. The lowest BCUT2D eigenvalue weighted by molar-refractivity contribution is 0.0704. The fourth-order valence-corrected chi connectivity index (χ4v) is 4.32. The quantitative estimate of drug-likeness (QED) is 0.463. The Labute approximate surface area is 195 Å². The van der Waals surface area contributed by atoms with Crippen LogP contribution < -0.4 is 10.5 Å². The molecule has 1 amide bonds. The number of nitrogen functional groups attached to an aromatic ring is 1. The first-order chi connectivity index (χ1) is 16.3. The highest BCUT2D eigenvalue weighted by molar-refractivity contribution is 5.98. The van der Waals surface area contributed by atoms with Gasteiger partial charge in [-0.15, -0.1) is 0 Å². The lowest BCUT2D eigenvalue weighted by Gasteiger charge is -2.24. The Hall–Kier alpha value is -4.12. The first kappa shape index (κ1) is 20.5. The Kier molecular flexibility index (Phi) is 4.33. The maximum absolute atomic E-state index is 15.0. The summed E-state index contributed by atoms with van der Waals surface area (Å²) < 4.78 is 22.6. The van der Waals surface area contributed by atoms with E-state index in [2.05, 4.69) is 28.7 Å². The zero-order chi connectivity index (χ0) is 23.6. The molecule has 2 aromatic heterocycles. The number of nitrogens with zero attached hydrogens (tertiary/aromatic N) is 4. The number of ether oxygens (including phenoxy) is 1. The molecule has 1 fully saturated rings. The van der Waals surface area contributed by atoms with Crippen molar-refractivity contribution in [1.29, 1.82) is 0 Å². The van der Waals surface area contributed by atoms with Crippen LogP contribution in [0.4, 0.5) is 10.2 Å². The summed E-state index contributed by atoms with van der Waals surface area (Å²) in [5.41, 5.74) is 9.31. The summed E-state index contributed by atoms with van der Waals surface area (Å²) in [5, 5.41) is 0. The molecule has 1 aliphatic heterocycles. The second-order valence-corrected chi connectivity index (χ2v) is 9.27. The molecule has 0 saturated heterocycles. The van der Waals surface area contributed by atoms with Crippen molar-refractivity contribution in [3.05, 3.63) is 65.4 Å². The van der Waals surface area contributed by atoms with Crippen LogP contribution in [0, 0.1) is 23.1 Å². The minimum absolute atomic E-state index is 0.0508. The molecular weight excluding hydrogens is 433 g/mol. The first-order valence-electron chi connectivity index (χ1n) is 11.1. The topological polar surface area (TPSA) is 85.8 Å². The van der Waals surface area contributed by atoms with E-state index in [0.717, 1.165) is 24.0 Å². The van der Waals surface area contributed by atoms with Gasteiger partial charge >= 0.3 is 0 Å². The molecule has 1 atom stereocenters. The molecule has 6 rings (SSSR count). The number of anilines is 1. The molecule has 8 heteroatoms. The summed E-state index contributed by atoms with van der Waals surface area (Å²) in [4.78, 5) is 23.2. The summed E-state index contributed by atoms with van der Waals surface area (Å²) >= 11 is 0. The number of amides is 1. The van der Waals surface area contributed by atoms with Gasteiger partial charge in [0.15, 0.2) is 0 Å². The van der Waals surface area contributed by atoms with E-state index in [9.17, 15) is 4.79 Å². The van der Waals surface area contributed by atoms with E-state index >= 15 is 4.39 Å². The number of benzene rings is 2. The second-order valence-electron chi connectivity index (χ2n) is 9.27. The van der Waals surface area contributed by atoms with Gasteiger partial charge in [-0.1, -0.05) is 17.9 Å². The highest BCUT2D eigenvalue weighted by Gasteiger charge is 2.35. The fraction of sp³-hybridized carbons (Fsp3) is 0.269. The third-order valence-corrected chi connectivity index (χ3v) is 6.76. The summed E-state index contributed by atoms with van der Waals surface area (Å²) in [6.45, 7) is 2.46. The van der Waals surface area contributed by atoms with Crippen molar-refractivity contribution in [3.8, 4) is 17.6 Å². The monoisotopic (exact) mass is 455 g/mol. The number of rotatable bonds is 2. The molecule has 0 radical (unpaired) electrons. The average Bonchev–Trinajstić information content (AvgIpc) is 3.21. The van der Waals surface area contributed by atoms with Crippen LogP contribution in [0.2, 0.25) is 0 Å². The van der Waals surface area contributed by atoms with Gasteiger partial charge in [0.05, 0.1) is 35.2 Å². The van der Waals surface area contributed by atoms with Crippen LogP contribution in [0.5, 0.6) is 5.75 Å². The number of fused-ring (bicyclic) bond motifs is 4. The molecule has 2 N–H and O–H groups in total. The largest absolute Gasteiger partial charge is 0.491 e. The van der Waals surface area contributed by atoms with Gasteiger partial charge in [0.1, 0.15) is 29.5 Å². The lowest BCUT2D eigenvalue weighted by atomic mass is 10.0. The van der Waals surface area contributed by atoms with Crippen molar-refractivity contribution in [2.45, 2.75) is 25.8 Å². The van der Waals surface area contributed by atoms with Crippen LogP contribution in [0.25, 0.3) is 16.6 Å². The Morgan fingerprint density at radius 1 is 1.29 bits per heavy atom. The Morgan fingerprint density at radius 3 is 2.91 bits per heavy atom. The molecule has 170 valence electrons. The zero-order valence-corrected chi connectivity index (χ0v) is 18.8.